The van der Waals surface area contributed by atoms with E-state index < -0.39 is 39.7 Å². The number of halogens is 2. The molecule has 2 unspecified atom stereocenters. The summed E-state index contributed by atoms with van der Waals surface area (Å²) in [6.45, 7) is 1.58. The monoisotopic (exact) mass is 469 g/mol. The number of sulfonamides is 1. The van der Waals surface area contributed by atoms with E-state index in [0.717, 1.165) is 12.1 Å². The van der Waals surface area contributed by atoms with Gasteiger partial charge in [-0.25, -0.2) is 17.8 Å². The zero-order valence-electron chi connectivity index (χ0n) is 16.6. The Morgan fingerprint density at radius 1 is 1.26 bits per heavy atom. The van der Waals surface area contributed by atoms with Gasteiger partial charge in [0.15, 0.2) is 6.10 Å². The number of hydrogen-bond donors (Lipinski definition) is 1. The fourth-order valence-electron chi connectivity index (χ4n) is 3.11. The van der Waals surface area contributed by atoms with Crippen LogP contribution in [0, 0.1) is 11.7 Å². The molecule has 2 aromatic rings. The van der Waals surface area contributed by atoms with Crippen LogP contribution in [0.3, 0.4) is 0 Å². The van der Waals surface area contributed by atoms with Crippen molar-refractivity contribution in [1.82, 2.24) is 9.29 Å². The number of carbonyl (C=O) groups excluding carboxylic acids is 2. The van der Waals surface area contributed by atoms with Crippen LogP contribution < -0.4 is 5.32 Å². The molecule has 2 atom stereocenters. The molecule has 1 fully saturated rings. The topological polar surface area (TPSA) is 106 Å². The van der Waals surface area contributed by atoms with E-state index in [-0.39, 0.29) is 23.8 Å². The Hall–Kier alpha value is -2.56. The minimum atomic E-state index is -3.87. The normalized spacial score (nSPS) is 18.2. The van der Waals surface area contributed by atoms with Crippen LogP contribution >= 0.6 is 11.6 Å². The van der Waals surface area contributed by atoms with Crippen molar-refractivity contribution < 1.29 is 27.1 Å². The van der Waals surface area contributed by atoms with Crippen molar-refractivity contribution in [2.75, 3.05) is 18.4 Å². The lowest BCUT2D eigenvalue weighted by Gasteiger charge is -2.31. The van der Waals surface area contributed by atoms with Gasteiger partial charge in [0.25, 0.3) is 5.91 Å². The summed E-state index contributed by atoms with van der Waals surface area (Å²) in [5.41, 5.74) is 0. The number of rotatable bonds is 6. The number of anilines is 1. The SMILES string of the molecule is CC(OC(=O)C1CCCN(S(=O)(=O)c2ccc(F)cc2)C1)C(=O)Nc1ccc(Cl)cn1. The summed E-state index contributed by atoms with van der Waals surface area (Å²) in [5, 5.41) is 2.93. The van der Waals surface area contributed by atoms with Crippen molar-refractivity contribution in [3.05, 3.63) is 53.4 Å². The van der Waals surface area contributed by atoms with Crippen molar-refractivity contribution in [3.63, 3.8) is 0 Å². The predicted molar refractivity (Wildman–Crippen MR) is 111 cm³/mol. The van der Waals surface area contributed by atoms with Gasteiger partial charge in [0, 0.05) is 19.3 Å². The smallest absolute Gasteiger partial charge is 0.311 e. The minimum Gasteiger partial charge on any atom is -0.452 e. The van der Waals surface area contributed by atoms with Crippen molar-refractivity contribution >= 4 is 39.3 Å². The quantitative estimate of drug-likeness (QED) is 0.652. The zero-order chi connectivity index (χ0) is 22.6. The molecule has 0 radical (unpaired) electrons. The summed E-state index contributed by atoms with van der Waals surface area (Å²) in [6.07, 6.45) is 1.15. The van der Waals surface area contributed by atoms with Crippen LogP contribution in [-0.2, 0) is 24.3 Å². The highest BCUT2D eigenvalue weighted by Crippen LogP contribution is 2.25. The van der Waals surface area contributed by atoms with Crippen LogP contribution in [0.1, 0.15) is 19.8 Å². The number of aromatic nitrogens is 1. The number of benzene rings is 1. The van der Waals surface area contributed by atoms with Gasteiger partial charge in [-0.2, -0.15) is 4.31 Å². The molecule has 0 bridgehead atoms. The summed E-state index contributed by atoms with van der Waals surface area (Å²) in [7, 11) is -3.87. The third-order valence-electron chi connectivity index (χ3n) is 4.81. The number of amides is 1. The number of esters is 1. The van der Waals surface area contributed by atoms with Gasteiger partial charge in [-0.05, 0) is 56.2 Å². The average molecular weight is 470 g/mol. The van der Waals surface area contributed by atoms with Crippen LogP contribution in [0.4, 0.5) is 10.2 Å². The molecule has 1 amide bonds. The highest BCUT2D eigenvalue weighted by molar-refractivity contribution is 7.89. The summed E-state index contributed by atoms with van der Waals surface area (Å²) < 4.78 is 45.1. The van der Waals surface area contributed by atoms with Gasteiger partial charge < -0.3 is 10.1 Å². The molecule has 2 heterocycles. The Kier molecular flexibility index (Phi) is 7.24. The van der Waals surface area contributed by atoms with Gasteiger partial charge in [0.1, 0.15) is 11.6 Å². The molecule has 1 N–H and O–H groups in total. The Labute approximate surface area is 184 Å². The molecule has 1 aliphatic heterocycles. The minimum absolute atomic E-state index is 0.0499. The predicted octanol–water partition coefficient (Wildman–Crippen LogP) is 2.85. The van der Waals surface area contributed by atoms with E-state index in [0.29, 0.717) is 17.9 Å². The second-order valence-electron chi connectivity index (χ2n) is 7.09. The maximum Gasteiger partial charge on any atom is 0.311 e. The van der Waals surface area contributed by atoms with Crippen molar-refractivity contribution in [3.8, 4) is 0 Å². The van der Waals surface area contributed by atoms with Gasteiger partial charge >= 0.3 is 5.97 Å². The average Bonchev–Trinajstić information content (AvgIpc) is 2.75. The molecule has 31 heavy (non-hydrogen) atoms. The largest absolute Gasteiger partial charge is 0.452 e. The number of nitrogens with one attached hydrogen (secondary N) is 1. The Bertz CT molecular complexity index is 1050. The summed E-state index contributed by atoms with van der Waals surface area (Å²) in [4.78, 5) is 28.7. The Morgan fingerprint density at radius 3 is 2.61 bits per heavy atom. The van der Waals surface area contributed by atoms with E-state index >= 15 is 0 Å². The van der Waals surface area contributed by atoms with Gasteiger partial charge in [-0.1, -0.05) is 11.6 Å². The molecule has 8 nitrogen and oxygen atoms in total. The molecule has 11 heteroatoms. The molecule has 0 spiro atoms. The molecule has 1 aromatic carbocycles. The lowest BCUT2D eigenvalue weighted by atomic mass is 10.00. The highest BCUT2D eigenvalue weighted by Gasteiger charge is 2.35. The lowest BCUT2D eigenvalue weighted by Crippen LogP contribution is -2.44. The molecule has 0 aliphatic carbocycles. The lowest BCUT2D eigenvalue weighted by molar-refractivity contribution is -0.158. The number of piperidine rings is 1. The maximum absolute atomic E-state index is 13.1. The Morgan fingerprint density at radius 2 is 1.97 bits per heavy atom. The fourth-order valence-corrected chi connectivity index (χ4v) is 4.75. The van der Waals surface area contributed by atoms with Crippen LogP contribution in [0.25, 0.3) is 0 Å². The van der Waals surface area contributed by atoms with Crippen molar-refractivity contribution in [2.24, 2.45) is 5.92 Å². The molecular weight excluding hydrogens is 449 g/mol. The number of hydrogen-bond acceptors (Lipinski definition) is 6. The van der Waals surface area contributed by atoms with Crippen molar-refractivity contribution in [2.45, 2.75) is 30.8 Å². The summed E-state index contributed by atoms with van der Waals surface area (Å²) >= 11 is 5.75. The van der Waals surface area contributed by atoms with E-state index in [1.807, 2.05) is 0 Å². The second-order valence-corrected chi connectivity index (χ2v) is 9.46. The fraction of sp³-hybridized carbons (Fsp3) is 0.350. The standard InChI is InChI=1S/C20H21ClFN3O5S/c1-13(19(26)24-18-9-4-15(21)11-23-18)30-20(27)14-3-2-10-25(12-14)31(28,29)17-7-5-16(22)6-8-17/h4-9,11,13-14H,2-3,10,12H2,1H3,(H,23,24,26). The van der Waals surface area contributed by atoms with E-state index in [1.54, 1.807) is 6.07 Å². The molecule has 166 valence electrons. The van der Waals surface area contributed by atoms with E-state index in [9.17, 15) is 22.4 Å². The third kappa shape index (κ3) is 5.78. The summed E-state index contributed by atoms with van der Waals surface area (Å²) in [6, 6.07) is 7.57. The van der Waals surface area contributed by atoms with Crippen molar-refractivity contribution in [1.29, 1.82) is 0 Å². The maximum atomic E-state index is 13.1. The number of carbonyl (C=O) groups is 2. The first kappa shape index (κ1) is 23.1. The first-order chi connectivity index (χ1) is 14.7. The van der Waals surface area contributed by atoms with Crippen LogP contribution in [0.15, 0.2) is 47.5 Å². The first-order valence-electron chi connectivity index (χ1n) is 9.55. The zero-order valence-corrected chi connectivity index (χ0v) is 18.2. The van der Waals surface area contributed by atoms with E-state index in [2.05, 4.69) is 10.3 Å². The third-order valence-corrected chi connectivity index (χ3v) is 6.91. The molecular formula is C20H21ClFN3O5S. The van der Waals surface area contributed by atoms with Gasteiger partial charge in [0.2, 0.25) is 10.0 Å². The second kappa shape index (κ2) is 9.71. The van der Waals surface area contributed by atoms with E-state index in [1.165, 1.54) is 35.6 Å². The van der Waals surface area contributed by atoms with Gasteiger partial charge in [-0.3, -0.25) is 9.59 Å². The number of ether oxygens (including phenoxy) is 1. The highest BCUT2D eigenvalue weighted by atomic mass is 35.5. The number of pyridine rings is 1. The van der Waals surface area contributed by atoms with Crippen LogP contribution in [0.5, 0.6) is 0 Å². The van der Waals surface area contributed by atoms with Crippen LogP contribution in [0.2, 0.25) is 5.02 Å². The molecule has 1 saturated heterocycles. The molecule has 0 saturated carbocycles. The molecule has 1 aliphatic rings. The number of nitrogens with zero attached hydrogens (tertiary/aromatic N) is 2. The van der Waals surface area contributed by atoms with Gasteiger partial charge in [0.05, 0.1) is 15.8 Å². The summed E-state index contributed by atoms with van der Waals surface area (Å²) in [5.74, 6) is -2.24. The molecule has 1 aromatic heterocycles. The van der Waals surface area contributed by atoms with Crippen LogP contribution in [-0.4, -0.2) is 48.8 Å². The Balaban J connectivity index is 1.60. The first-order valence-corrected chi connectivity index (χ1v) is 11.4. The van der Waals surface area contributed by atoms with Gasteiger partial charge in [-0.15, -0.1) is 0 Å². The van der Waals surface area contributed by atoms with E-state index in [4.69, 9.17) is 16.3 Å². The molecule has 3 rings (SSSR count).